The molecule has 0 aliphatic rings. The van der Waals surface area contributed by atoms with Gasteiger partial charge in [0, 0.05) is 5.69 Å². The average Bonchev–Trinajstić information content (AvgIpc) is 2.29. The van der Waals surface area contributed by atoms with Gasteiger partial charge in [0.1, 0.15) is 6.04 Å². The SMILES string of the molecule is C[C@@H](NC(=O)C(C)(C)c1ccc(N)cc1)C(=O)O. The van der Waals surface area contributed by atoms with Gasteiger partial charge < -0.3 is 16.2 Å². The van der Waals surface area contributed by atoms with Crippen molar-refractivity contribution in [3.05, 3.63) is 29.8 Å². The number of carbonyl (C=O) groups excluding carboxylic acids is 1. The van der Waals surface area contributed by atoms with E-state index in [2.05, 4.69) is 5.32 Å². The van der Waals surface area contributed by atoms with Crippen LogP contribution in [0.15, 0.2) is 24.3 Å². The molecule has 0 saturated carbocycles. The molecule has 1 aromatic rings. The molecule has 98 valence electrons. The summed E-state index contributed by atoms with van der Waals surface area (Å²) in [7, 11) is 0. The Morgan fingerprint density at radius 2 is 1.78 bits per heavy atom. The zero-order chi connectivity index (χ0) is 13.9. The van der Waals surface area contributed by atoms with E-state index in [0.29, 0.717) is 5.69 Å². The zero-order valence-corrected chi connectivity index (χ0v) is 10.7. The van der Waals surface area contributed by atoms with E-state index in [1.807, 2.05) is 0 Å². The minimum atomic E-state index is -1.06. The van der Waals surface area contributed by atoms with Crippen molar-refractivity contribution in [2.45, 2.75) is 32.2 Å². The maximum Gasteiger partial charge on any atom is 0.325 e. The number of hydrogen-bond donors (Lipinski definition) is 3. The molecular formula is C13H18N2O3. The van der Waals surface area contributed by atoms with Gasteiger partial charge in [-0.25, -0.2) is 0 Å². The number of aliphatic carboxylic acids is 1. The fraction of sp³-hybridized carbons (Fsp3) is 0.385. The molecule has 0 radical (unpaired) electrons. The molecule has 0 saturated heterocycles. The number of nitrogens with one attached hydrogen (secondary N) is 1. The Labute approximate surface area is 106 Å². The number of benzene rings is 1. The highest BCUT2D eigenvalue weighted by atomic mass is 16.4. The van der Waals surface area contributed by atoms with Crippen molar-refractivity contribution >= 4 is 17.6 Å². The van der Waals surface area contributed by atoms with Crippen molar-refractivity contribution in [2.24, 2.45) is 0 Å². The van der Waals surface area contributed by atoms with Gasteiger partial charge in [0.15, 0.2) is 0 Å². The summed E-state index contributed by atoms with van der Waals surface area (Å²) >= 11 is 0. The highest BCUT2D eigenvalue weighted by Crippen LogP contribution is 2.24. The Kier molecular flexibility index (Phi) is 3.96. The summed E-state index contributed by atoms with van der Waals surface area (Å²) < 4.78 is 0. The summed E-state index contributed by atoms with van der Waals surface area (Å²) in [6.45, 7) is 4.91. The number of amides is 1. The fourth-order valence-electron chi connectivity index (χ4n) is 1.47. The molecule has 0 aliphatic carbocycles. The van der Waals surface area contributed by atoms with E-state index >= 15 is 0 Å². The first kappa shape index (κ1) is 14.0. The molecule has 5 nitrogen and oxygen atoms in total. The Morgan fingerprint density at radius 3 is 2.22 bits per heavy atom. The van der Waals surface area contributed by atoms with Crippen LogP contribution in [0.25, 0.3) is 0 Å². The van der Waals surface area contributed by atoms with Crippen LogP contribution in [-0.4, -0.2) is 23.0 Å². The molecule has 18 heavy (non-hydrogen) atoms. The van der Waals surface area contributed by atoms with Gasteiger partial charge in [-0.3, -0.25) is 9.59 Å². The number of nitrogens with two attached hydrogens (primary N) is 1. The van der Waals surface area contributed by atoms with Crippen LogP contribution in [0.5, 0.6) is 0 Å². The maximum atomic E-state index is 12.1. The molecule has 0 unspecified atom stereocenters. The van der Waals surface area contributed by atoms with Crippen LogP contribution in [0.3, 0.4) is 0 Å². The molecule has 0 aliphatic heterocycles. The summed E-state index contributed by atoms with van der Waals surface area (Å²) in [6.07, 6.45) is 0. The second-order valence-corrected chi connectivity index (χ2v) is 4.78. The van der Waals surface area contributed by atoms with Gasteiger partial charge in [-0.15, -0.1) is 0 Å². The maximum absolute atomic E-state index is 12.1. The summed E-state index contributed by atoms with van der Waals surface area (Å²) in [6, 6.07) is 6.04. The Morgan fingerprint density at radius 1 is 1.28 bits per heavy atom. The van der Waals surface area contributed by atoms with Crippen LogP contribution in [-0.2, 0) is 15.0 Å². The van der Waals surface area contributed by atoms with Crippen molar-refractivity contribution in [1.82, 2.24) is 5.32 Å². The predicted octanol–water partition coefficient (Wildman–Crippen LogP) is 1.14. The Balaban J connectivity index is 2.89. The highest BCUT2D eigenvalue weighted by molar-refractivity contribution is 5.90. The van der Waals surface area contributed by atoms with E-state index < -0.39 is 17.4 Å². The van der Waals surface area contributed by atoms with E-state index in [1.165, 1.54) is 6.92 Å². The van der Waals surface area contributed by atoms with Crippen molar-refractivity contribution in [1.29, 1.82) is 0 Å². The molecule has 0 heterocycles. The molecule has 4 N–H and O–H groups in total. The van der Waals surface area contributed by atoms with E-state index in [0.717, 1.165) is 5.56 Å². The number of carbonyl (C=O) groups is 2. The summed E-state index contributed by atoms with van der Waals surface area (Å²) in [4.78, 5) is 22.8. The van der Waals surface area contributed by atoms with Crippen LogP contribution in [0.1, 0.15) is 26.3 Å². The first-order chi connectivity index (χ1) is 8.25. The molecule has 0 fully saturated rings. The molecule has 0 bridgehead atoms. The van der Waals surface area contributed by atoms with Crippen molar-refractivity contribution in [3.63, 3.8) is 0 Å². The van der Waals surface area contributed by atoms with Crippen molar-refractivity contribution < 1.29 is 14.7 Å². The van der Waals surface area contributed by atoms with Gasteiger partial charge in [0.2, 0.25) is 5.91 Å². The van der Waals surface area contributed by atoms with Gasteiger partial charge in [-0.1, -0.05) is 12.1 Å². The first-order valence-corrected chi connectivity index (χ1v) is 5.65. The Hall–Kier alpha value is -2.04. The lowest BCUT2D eigenvalue weighted by molar-refractivity contribution is -0.142. The quantitative estimate of drug-likeness (QED) is 0.698. The number of carboxylic acid groups (broad SMARTS) is 1. The number of carboxylic acids is 1. The van der Waals surface area contributed by atoms with Gasteiger partial charge in [-0.05, 0) is 38.5 Å². The smallest absolute Gasteiger partial charge is 0.325 e. The number of nitrogen functional groups attached to an aromatic ring is 1. The number of rotatable bonds is 4. The van der Waals surface area contributed by atoms with E-state index in [1.54, 1.807) is 38.1 Å². The van der Waals surface area contributed by atoms with E-state index in [-0.39, 0.29) is 5.91 Å². The third kappa shape index (κ3) is 3.00. The summed E-state index contributed by atoms with van der Waals surface area (Å²) in [5.41, 5.74) is 6.18. The van der Waals surface area contributed by atoms with Crippen LogP contribution >= 0.6 is 0 Å². The summed E-state index contributed by atoms with van der Waals surface area (Å²) in [5.74, 6) is -1.39. The lowest BCUT2D eigenvalue weighted by atomic mass is 9.83. The van der Waals surface area contributed by atoms with Crippen LogP contribution in [0.4, 0.5) is 5.69 Å². The van der Waals surface area contributed by atoms with Crippen molar-refractivity contribution in [2.75, 3.05) is 5.73 Å². The van der Waals surface area contributed by atoms with Gasteiger partial charge in [0.05, 0.1) is 5.41 Å². The van der Waals surface area contributed by atoms with E-state index in [9.17, 15) is 9.59 Å². The normalized spacial score (nSPS) is 12.8. The van der Waals surface area contributed by atoms with Crippen LogP contribution in [0.2, 0.25) is 0 Å². The van der Waals surface area contributed by atoms with Crippen LogP contribution < -0.4 is 11.1 Å². The fourth-order valence-corrected chi connectivity index (χ4v) is 1.47. The molecule has 1 rings (SSSR count). The average molecular weight is 250 g/mol. The van der Waals surface area contributed by atoms with Gasteiger partial charge in [-0.2, -0.15) is 0 Å². The molecule has 1 atom stereocenters. The van der Waals surface area contributed by atoms with Crippen LogP contribution in [0, 0.1) is 0 Å². The largest absolute Gasteiger partial charge is 0.480 e. The summed E-state index contributed by atoms with van der Waals surface area (Å²) in [5, 5.41) is 11.2. The molecular weight excluding hydrogens is 232 g/mol. The lowest BCUT2D eigenvalue weighted by Crippen LogP contribution is -2.46. The van der Waals surface area contributed by atoms with Gasteiger partial charge >= 0.3 is 5.97 Å². The number of anilines is 1. The minimum absolute atomic E-state index is 0.331. The first-order valence-electron chi connectivity index (χ1n) is 5.65. The molecule has 1 amide bonds. The third-order valence-electron chi connectivity index (χ3n) is 2.92. The molecule has 0 aromatic heterocycles. The zero-order valence-electron chi connectivity index (χ0n) is 10.7. The molecule has 1 aromatic carbocycles. The topological polar surface area (TPSA) is 92.4 Å². The lowest BCUT2D eigenvalue weighted by Gasteiger charge is -2.25. The second kappa shape index (κ2) is 5.08. The molecule has 0 spiro atoms. The predicted molar refractivity (Wildman–Crippen MR) is 69.1 cm³/mol. The monoisotopic (exact) mass is 250 g/mol. The molecule has 5 heteroatoms. The van der Waals surface area contributed by atoms with E-state index in [4.69, 9.17) is 10.8 Å². The minimum Gasteiger partial charge on any atom is -0.480 e. The standard InChI is InChI=1S/C13H18N2O3/c1-8(11(16)17)15-12(18)13(2,3)9-4-6-10(14)7-5-9/h4-8H,14H2,1-3H3,(H,15,18)(H,16,17)/t8-/m1/s1. The highest BCUT2D eigenvalue weighted by Gasteiger charge is 2.31. The van der Waals surface area contributed by atoms with Crippen molar-refractivity contribution in [3.8, 4) is 0 Å². The number of hydrogen-bond acceptors (Lipinski definition) is 3. The second-order valence-electron chi connectivity index (χ2n) is 4.78. The van der Waals surface area contributed by atoms with Gasteiger partial charge in [0.25, 0.3) is 0 Å². The Bertz CT molecular complexity index is 452. The third-order valence-corrected chi connectivity index (χ3v) is 2.92.